The SMILES string of the molecule is O=C(NCCCCN1CCN(c2cccc(Cl)c2Cl)CC1)c1cc2c(cn1)[nH]c1ccccc12. The molecule has 176 valence electrons. The Morgan fingerprint density at radius 1 is 0.971 bits per heavy atom. The number of hydrogen-bond donors (Lipinski definition) is 2. The fraction of sp³-hybridized carbons (Fsp3) is 0.308. The Hall–Kier alpha value is -2.80. The highest BCUT2D eigenvalue weighted by atomic mass is 35.5. The molecular formula is C26H27Cl2N5O. The van der Waals surface area contributed by atoms with Crippen LogP contribution < -0.4 is 10.2 Å². The van der Waals surface area contributed by atoms with Crippen LogP contribution in [0.15, 0.2) is 54.7 Å². The van der Waals surface area contributed by atoms with Crippen molar-refractivity contribution >= 4 is 56.6 Å². The normalized spacial score (nSPS) is 14.7. The van der Waals surface area contributed by atoms with Crippen LogP contribution in [0.1, 0.15) is 23.3 Å². The van der Waals surface area contributed by atoms with E-state index in [-0.39, 0.29) is 5.91 Å². The molecule has 0 unspecified atom stereocenters. The van der Waals surface area contributed by atoms with Gasteiger partial charge in [0.05, 0.1) is 27.4 Å². The van der Waals surface area contributed by atoms with Gasteiger partial charge in [0.1, 0.15) is 5.69 Å². The number of aromatic amines is 1. The van der Waals surface area contributed by atoms with Crippen molar-refractivity contribution in [2.24, 2.45) is 0 Å². The lowest BCUT2D eigenvalue weighted by molar-refractivity contribution is 0.0947. The van der Waals surface area contributed by atoms with Gasteiger partial charge in [-0.15, -0.1) is 0 Å². The van der Waals surface area contributed by atoms with Crippen LogP contribution in [0.3, 0.4) is 0 Å². The molecule has 3 heterocycles. The maximum absolute atomic E-state index is 12.6. The van der Waals surface area contributed by atoms with Gasteiger partial charge in [-0.25, -0.2) is 4.98 Å². The molecule has 34 heavy (non-hydrogen) atoms. The van der Waals surface area contributed by atoms with Crippen molar-refractivity contribution in [1.82, 2.24) is 20.2 Å². The average molecular weight is 496 g/mol. The van der Waals surface area contributed by atoms with Crippen molar-refractivity contribution in [3.8, 4) is 0 Å². The molecule has 0 saturated carbocycles. The molecule has 0 spiro atoms. The van der Waals surface area contributed by atoms with Crippen LogP contribution in [-0.2, 0) is 0 Å². The van der Waals surface area contributed by atoms with Crippen LogP contribution in [0.2, 0.25) is 10.0 Å². The molecule has 0 bridgehead atoms. The second-order valence-electron chi connectivity index (χ2n) is 8.65. The molecular weight excluding hydrogens is 469 g/mol. The summed E-state index contributed by atoms with van der Waals surface area (Å²) >= 11 is 12.5. The van der Waals surface area contributed by atoms with Crippen molar-refractivity contribution in [2.75, 3.05) is 44.2 Å². The number of aromatic nitrogens is 2. The number of H-pyrrole nitrogens is 1. The lowest BCUT2D eigenvalue weighted by atomic mass is 10.1. The molecule has 1 aliphatic heterocycles. The molecule has 8 heteroatoms. The van der Waals surface area contributed by atoms with Gasteiger partial charge in [0, 0.05) is 49.0 Å². The number of unbranched alkanes of at least 4 members (excludes halogenated alkanes) is 1. The van der Waals surface area contributed by atoms with E-state index in [0.717, 1.165) is 73.1 Å². The van der Waals surface area contributed by atoms with E-state index < -0.39 is 0 Å². The van der Waals surface area contributed by atoms with E-state index in [2.05, 4.69) is 31.2 Å². The number of nitrogens with one attached hydrogen (secondary N) is 2. The standard InChI is InChI=1S/C26H27Cl2N5O/c27-20-7-5-9-24(25(20)28)33-14-12-32(13-15-33)11-4-3-10-29-26(34)22-16-19-18-6-1-2-8-21(18)31-23(19)17-30-22/h1-2,5-9,16-17,31H,3-4,10-15H2,(H,29,34). The molecule has 0 aliphatic carbocycles. The first-order chi connectivity index (χ1) is 16.6. The third kappa shape index (κ3) is 4.85. The largest absolute Gasteiger partial charge is 0.368 e. The van der Waals surface area contributed by atoms with Crippen molar-refractivity contribution < 1.29 is 4.79 Å². The predicted octanol–water partition coefficient (Wildman–Crippen LogP) is 5.36. The summed E-state index contributed by atoms with van der Waals surface area (Å²) in [6.45, 7) is 5.50. The maximum Gasteiger partial charge on any atom is 0.269 e. The van der Waals surface area contributed by atoms with Gasteiger partial charge in [-0.2, -0.15) is 0 Å². The van der Waals surface area contributed by atoms with E-state index >= 15 is 0 Å². The molecule has 4 aromatic rings. The van der Waals surface area contributed by atoms with Gasteiger partial charge in [-0.3, -0.25) is 9.69 Å². The van der Waals surface area contributed by atoms with Crippen LogP contribution in [0.4, 0.5) is 5.69 Å². The Kier molecular flexibility index (Phi) is 6.90. The first-order valence-corrected chi connectivity index (χ1v) is 12.4. The summed E-state index contributed by atoms with van der Waals surface area (Å²) in [5.41, 5.74) is 3.45. The van der Waals surface area contributed by atoms with E-state index in [1.54, 1.807) is 6.20 Å². The maximum atomic E-state index is 12.6. The highest BCUT2D eigenvalue weighted by molar-refractivity contribution is 6.43. The number of fused-ring (bicyclic) bond motifs is 3. The number of nitrogens with zero attached hydrogens (tertiary/aromatic N) is 3. The van der Waals surface area contributed by atoms with Gasteiger partial charge in [-0.1, -0.05) is 47.5 Å². The second kappa shape index (κ2) is 10.2. The monoisotopic (exact) mass is 495 g/mol. The first kappa shape index (κ1) is 23.0. The van der Waals surface area contributed by atoms with E-state index in [1.165, 1.54) is 0 Å². The molecule has 0 radical (unpaired) electrons. The number of hydrogen-bond acceptors (Lipinski definition) is 4. The Bertz CT molecular complexity index is 1310. The third-order valence-electron chi connectivity index (χ3n) is 6.45. The van der Waals surface area contributed by atoms with Gasteiger partial charge < -0.3 is 15.2 Å². The molecule has 1 amide bonds. The summed E-state index contributed by atoms with van der Waals surface area (Å²) in [4.78, 5) is 25.1. The number of halogens is 2. The van der Waals surface area contributed by atoms with Gasteiger partial charge in [0.25, 0.3) is 5.91 Å². The predicted molar refractivity (Wildman–Crippen MR) is 140 cm³/mol. The Morgan fingerprint density at radius 2 is 1.79 bits per heavy atom. The van der Waals surface area contributed by atoms with Crippen molar-refractivity contribution in [1.29, 1.82) is 0 Å². The summed E-state index contributed by atoms with van der Waals surface area (Å²) in [5, 5.41) is 6.37. The minimum atomic E-state index is -0.126. The zero-order valence-electron chi connectivity index (χ0n) is 18.9. The topological polar surface area (TPSA) is 64.3 Å². The van der Waals surface area contributed by atoms with Crippen molar-refractivity contribution in [3.63, 3.8) is 0 Å². The molecule has 2 aromatic carbocycles. The van der Waals surface area contributed by atoms with Crippen LogP contribution in [0.5, 0.6) is 0 Å². The number of pyridine rings is 1. The number of para-hydroxylation sites is 1. The minimum absolute atomic E-state index is 0.126. The Labute approximate surface area is 208 Å². The van der Waals surface area contributed by atoms with Crippen LogP contribution in [0, 0.1) is 0 Å². The van der Waals surface area contributed by atoms with E-state index in [0.29, 0.717) is 22.3 Å². The van der Waals surface area contributed by atoms with Crippen molar-refractivity contribution in [3.05, 3.63) is 70.5 Å². The van der Waals surface area contributed by atoms with Gasteiger partial charge in [0.15, 0.2) is 0 Å². The van der Waals surface area contributed by atoms with Gasteiger partial charge in [-0.05, 0) is 43.7 Å². The fourth-order valence-corrected chi connectivity index (χ4v) is 4.99. The number of carbonyl (C=O) groups is 1. The summed E-state index contributed by atoms with van der Waals surface area (Å²) in [5.74, 6) is -0.126. The van der Waals surface area contributed by atoms with Crippen molar-refractivity contribution in [2.45, 2.75) is 12.8 Å². The summed E-state index contributed by atoms with van der Waals surface area (Å²) in [6.07, 6.45) is 3.70. The van der Waals surface area contributed by atoms with Crippen LogP contribution in [-0.4, -0.2) is 60.0 Å². The molecule has 2 aromatic heterocycles. The Morgan fingerprint density at radius 3 is 2.65 bits per heavy atom. The van der Waals surface area contributed by atoms with E-state index in [9.17, 15) is 4.79 Å². The van der Waals surface area contributed by atoms with Crippen LogP contribution in [0.25, 0.3) is 21.8 Å². The molecule has 0 atom stereocenters. The summed E-state index contributed by atoms with van der Waals surface area (Å²) < 4.78 is 0. The smallest absolute Gasteiger partial charge is 0.269 e. The zero-order valence-corrected chi connectivity index (χ0v) is 20.4. The minimum Gasteiger partial charge on any atom is -0.368 e. The quantitative estimate of drug-likeness (QED) is 0.339. The third-order valence-corrected chi connectivity index (χ3v) is 7.26. The number of benzene rings is 2. The lowest BCUT2D eigenvalue weighted by Gasteiger charge is -2.36. The first-order valence-electron chi connectivity index (χ1n) is 11.7. The van der Waals surface area contributed by atoms with Gasteiger partial charge in [0.2, 0.25) is 0 Å². The van der Waals surface area contributed by atoms with Crippen LogP contribution >= 0.6 is 23.2 Å². The van der Waals surface area contributed by atoms with Gasteiger partial charge >= 0.3 is 0 Å². The van der Waals surface area contributed by atoms with E-state index in [1.807, 2.05) is 42.5 Å². The fourth-order valence-electron chi connectivity index (χ4n) is 4.58. The zero-order chi connectivity index (χ0) is 23.5. The second-order valence-corrected chi connectivity index (χ2v) is 9.44. The molecule has 1 saturated heterocycles. The number of amides is 1. The highest BCUT2D eigenvalue weighted by Crippen LogP contribution is 2.33. The molecule has 2 N–H and O–H groups in total. The number of anilines is 1. The molecule has 5 rings (SSSR count). The average Bonchev–Trinajstić information content (AvgIpc) is 3.24. The molecule has 6 nitrogen and oxygen atoms in total. The molecule has 1 aliphatic rings. The summed E-state index contributed by atoms with van der Waals surface area (Å²) in [6, 6.07) is 15.7. The number of carbonyl (C=O) groups excluding carboxylic acids is 1. The molecule has 1 fully saturated rings. The Balaban J connectivity index is 1.06. The van der Waals surface area contributed by atoms with E-state index in [4.69, 9.17) is 23.2 Å². The summed E-state index contributed by atoms with van der Waals surface area (Å²) in [7, 11) is 0. The number of rotatable bonds is 7. The lowest BCUT2D eigenvalue weighted by Crippen LogP contribution is -2.46. The number of piperazine rings is 1. The highest BCUT2D eigenvalue weighted by Gasteiger charge is 2.19.